The second kappa shape index (κ2) is 10.7. The van der Waals surface area contributed by atoms with E-state index in [0.717, 1.165) is 37.8 Å². The van der Waals surface area contributed by atoms with E-state index in [4.69, 9.17) is 5.73 Å². The maximum atomic E-state index is 13.9. The van der Waals surface area contributed by atoms with Crippen molar-refractivity contribution in [2.75, 3.05) is 13.6 Å². The van der Waals surface area contributed by atoms with Gasteiger partial charge in [0, 0.05) is 19.3 Å². The van der Waals surface area contributed by atoms with E-state index < -0.39 is 23.1 Å². The Morgan fingerprint density at radius 3 is 2.31 bits per heavy atom. The average Bonchev–Trinajstić information content (AvgIpc) is 2.69. The standard InChI is InChI=1S/C21H28F2N4O2/c1-3-15(20(28)26-14-9-7-13(11-24)8-10-14)18(12-25-2)27-21(29)19-16(22)5-4-6-17(19)23/h3-6,12-14,25H,7-11,24H2,1-2H3,(H,26,28)(H,27,29)/b15-3-,18-12+. The summed E-state index contributed by atoms with van der Waals surface area (Å²) < 4.78 is 27.8. The largest absolute Gasteiger partial charge is 0.392 e. The molecule has 2 amide bonds. The van der Waals surface area contributed by atoms with Gasteiger partial charge in [-0.25, -0.2) is 8.78 Å². The lowest BCUT2D eigenvalue weighted by Gasteiger charge is -2.28. The SMILES string of the molecule is C/C=C(C(=O)NC1CCC(CN)CC1)/C(=C\NC)NC(=O)c1c(F)cccc1F. The monoisotopic (exact) mass is 406 g/mol. The first-order valence-corrected chi connectivity index (χ1v) is 9.71. The molecule has 1 aliphatic carbocycles. The van der Waals surface area contributed by atoms with E-state index in [1.807, 2.05) is 0 Å². The highest BCUT2D eigenvalue weighted by Gasteiger charge is 2.25. The number of carbonyl (C=O) groups is 2. The predicted octanol–water partition coefficient (Wildman–Crippen LogP) is 2.34. The quantitative estimate of drug-likeness (QED) is 0.413. The number of hydrogen-bond acceptors (Lipinski definition) is 4. The van der Waals surface area contributed by atoms with Crippen molar-refractivity contribution in [3.05, 3.63) is 58.9 Å². The summed E-state index contributed by atoms with van der Waals surface area (Å²) in [5.41, 5.74) is 5.32. The van der Waals surface area contributed by atoms with Gasteiger partial charge in [0.25, 0.3) is 11.8 Å². The summed E-state index contributed by atoms with van der Waals surface area (Å²) >= 11 is 0. The number of hydrogen-bond donors (Lipinski definition) is 4. The van der Waals surface area contributed by atoms with Gasteiger partial charge in [-0.1, -0.05) is 12.1 Å². The Bertz CT molecular complexity index is 780. The van der Waals surface area contributed by atoms with E-state index in [0.29, 0.717) is 12.5 Å². The maximum Gasteiger partial charge on any atom is 0.261 e. The van der Waals surface area contributed by atoms with Crippen LogP contribution in [0.3, 0.4) is 0 Å². The summed E-state index contributed by atoms with van der Waals surface area (Å²) in [7, 11) is 1.59. The third-order valence-corrected chi connectivity index (χ3v) is 5.07. The molecule has 1 aromatic rings. The van der Waals surface area contributed by atoms with Crippen molar-refractivity contribution in [2.24, 2.45) is 11.7 Å². The Balaban J connectivity index is 2.12. The van der Waals surface area contributed by atoms with Crippen molar-refractivity contribution in [1.29, 1.82) is 0 Å². The zero-order chi connectivity index (χ0) is 21.4. The molecule has 0 atom stereocenters. The van der Waals surface area contributed by atoms with Gasteiger partial charge >= 0.3 is 0 Å². The number of allylic oxidation sites excluding steroid dienone is 1. The van der Waals surface area contributed by atoms with Crippen LogP contribution in [0.25, 0.3) is 0 Å². The molecule has 0 saturated heterocycles. The van der Waals surface area contributed by atoms with Gasteiger partial charge in [0.2, 0.25) is 0 Å². The fourth-order valence-corrected chi connectivity index (χ4v) is 3.44. The number of rotatable bonds is 7. The summed E-state index contributed by atoms with van der Waals surface area (Å²) in [6.45, 7) is 2.30. The van der Waals surface area contributed by atoms with Crippen molar-refractivity contribution in [3.63, 3.8) is 0 Å². The van der Waals surface area contributed by atoms with Crippen LogP contribution >= 0.6 is 0 Å². The molecule has 0 aromatic heterocycles. The molecule has 5 N–H and O–H groups in total. The summed E-state index contributed by atoms with van der Waals surface area (Å²) in [6.07, 6.45) is 6.52. The van der Waals surface area contributed by atoms with Crippen LogP contribution in [0.1, 0.15) is 43.0 Å². The lowest BCUT2D eigenvalue weighted by molar-refractivity contribution is -0.118. The van der Waals surface area contributed by atoms with Crippen LogP contribution in [0.5, 0.6) is 0 Å². The molecule has 158 valence electrons. The second-order valence-corrected chi connectivity index (χ2v) is 7.03. The molecule has 1 saturated carbocycles. The van der Waals surface area contributed by atoms with Crippen molar-refractivity contribution in [2.45, 2.75) is 38.6 Å². The first-order chi connectivity index (χ1) is 13.9. The number of nitrogens with two attached hydrogens (primary N) is 1. The van der Waals surface area contributed by atoms with E-state index in [2.05, 4.69) is 16.0 Å². The molecular formula is C21H28F2N4O2. The molecule has 0 radical (unpaired) electrons. The number of amides is 2. The molecule has 0 bridgehead atoms. The van der Waals surface area contributed by atoms with E-state index in [9.17, 15) is 18.4 Å². The lowest BCUT2D eigenvalue weighted by atomic mass is 9.86. The molecule has 1 aliphatic rings. The van der Waals surface area contributed by atoms with E-state index in [1.165, 1.54) is 12.3 Å². The van der Waals surface area contributed by atoms with Crippen molar-refractivity contribution >= 4 is 11.8 Å². The van der Waals surface area contributed by atoms with Gasteiger partial charge in [-0.15, -0.1) is 0 Å². The molecule has 6 nitrogen and oxygen atoms in total. The third-order valence-electron chi connectivity index (χ3n) is 5.07. The van der Waals surface area contributed by atoms with E-state index >= 15 is 0 Å². The second-order valence-electron chi connectivity index (χ2n) is 7.03. The first kappa shape index (κ1) is 22.5. The molecule has 0 unspecified atom stereocenters. The molecule has 29 heavy (non-hydrogen) atoms. The fraction of sp³-hybridized carbons (Fsp3) is 0.429. The molecule has 8 heteroatoms. The molecule has 0 spiro atoms. The third kappa shape index (κ3) is 5.87. The van der Waals surface area contributed by atoms with Crippen LogP contribution in [0.15, 0.2) is 41.7 Å². The summed E-state index contributed by atoms with van der Waals surface area (Å²) in [4.78, 5) is 25.2. The maximum absolute atomic E-state index is 13.9. The summed E-state index contributed by atoms with van der Waals surface area (Å²) in [5.74, 6) is -2.81. The van der Waals surface area contributed by atoms with Gasteiger partial charge in [-0.2, -0.15) is 0 Å². The Labute approximate surface area is 169 Å². The molecule has 1 fully saturated rings. The minimum absolute atomic E-state index is 0.0239. The lowest BCUT2D eigenvalue weighted by Crippen LogP contribution is -2.41. The molecule has 2 rings (SSSR count). The highest BCUT2D eigenvalue weighted by molar-refractivity contribution is 6.02. The Morgan fingerprint density at radius 2 is 1.79 bits per heavy atom. The molecular weight excluding hydrogens is 378 g/mol. The van der Waals surface area contributed by atoms with Crippen LogP contribution in [0, 0.1) is 17.6 Å². The van der Waals surface area contributed by atoms with Gasteiger partial charge in [-0.3, -0.25) is 9.59 Å². The zero-order valence-corrected chi connectivity index (χ0v) is 16.7. The first-order valence-electron chi connectivity index (χ1n) is 9.71. The van der Waals surface area contributed by atoms with E-state index in [1.54, 1.807) is 20.0 Å². The average molecular weight is 406 g/mol. The Morgan fingerprint density at radius 1 is 1.17 bits per heavy atom. The highest BCUT2D eigenvalue weighted by Crippen LogP contribution is 2.24. The number of nitrogens with one attached hydrogen (secondary N) is 3. The number of benzene rings is 1. The Hall–Kier alpha value is -2.74. The van der Waals surface area contributed by atoms with Gasteiger partial charge < -0.3 is 21.7 Å². The van der Waals surface area contributed by atoms with Crippen molar-refractivity contribution in [1.82, 2.24) is 16.0 Å². The summed E-state index contributed by atoms with van der Waals surface area (Å²) in [6, 6.07) is 3.20. The zero-order valence-electron chi connectivity index (χ0n) is 16.7. The normalized spacial score (nSPS) is 20.2. The van der Waals surface area contributed by atoms with Gasteiger partial charge in [-0.05, 0) is 57.2 Å². The molecule has 1 aromatic carbocycles. The van der Waals surface area contributed by atoms with Crippen LogP contribution < -0.4 is 21.7 Å². The number of halogens is 2. The smallest absolute Gasteiger partial charge is 0.261 e. The Kier molecular flexibility index (Phi) is 8.33. The minimum atomic E-state index is -0.977. The predicted molar refractivity (Wildman–Crippen MR) is 108 cm³/mol. The molecule has 0 heterocycles. The van der Waals surface area contributed by atoms with Gasteiger partial charge in [0.05, 0.1) is 11.3 Å². The van der Waals surface area contributed by atoms with Gasteiger partial charge in [0.1, 0.15) is 17.2 Å². The van der Waals surface area contributed by atoms with Crippen molar-refractivity contribution < 1.29 is 18.4 Å². The topological polar surface area (TPSA) is 96.2 Å². The van der Waals surface area contributed by atoms with Crippen LogP contribution in [-0.4, -0.2) is 31.4 Å². The summed E-state index contributed by atoms with van der Waals surface area (Å²) in [5, 5.41) is 8.15. The van der Waals surface area contributed by atoms with Crippen LogP contribution in [0.4, 0.5) is 8.78 Å². The van der Waals surface area contributed by atoms with Crippen LogP contribution in [0.2, 0.25) is 0 Å². The number of carbonyl (C=O) groups excluding carboxylic acids is 2. The van der Waals surface area contributed by atoms with Crippen LogP contribution in [-0.2, 0) is 4.79 Å². The molecule has 0 aliphatic heterocycles. The van der Waals surface area contributed by atoms with E-state index in [-0.39, 0.29) is 23.2 Å². The van der Waals surface area contributed by atoms with Gasteiger partial charge in [0.15, 0.2) is 0 Å². The minimum Gasteiger partial charge on any atom is -0.392 e. The fourth-order valence-electron chi connectivity index (χ4n) is 3.44. The highest BCUT2D eigenvalue weighted by atomic mass is 19.1. The van der Waals surface area contributed by atoms with Crippen molar-refractivity contribution in [3.8, 4) is 0 Å².